The van der Waals surface area contributed by atoms with Crippen LogP contribution in [0.2, 0.25) is 0 Å². The van der Waals surface area contributed by atoms with E-state index in [1.165, 1.54) is 0 Å². The molecule has 0 aliphatic rings. The standard InChI is InChI=1S/C8H15ClN2/c1-4-8(10)7(9)5-6(2)11-3/h5,11H,4,10H2,1-3H3/b6-5-,8-7+. The van der Waals surface area contributed by atoms with Gasteiger partial charge in [0.05, 0.1) is 5.03 Å². The molecule has 0 fully saturated rings. The van der Waals surface area contributed by atoms with Gasteiger partial charge in [-0.25, -0.2) is 0 Å². The fourth-order valence-corrected chi connectivity index (χ4v) is 0.821. The molecule has 0 aromatic carbocycles. The van der Waals surface area contributed by atoms with Crippen LogP contribution in [-0.2, 0) is 0 Å². The second-order valence-electron chi connectivity index (χ2n) is 2.30. The highest BCUT2D eigenvalue weighted by Gasteiger charge is 1.94. The molecule has 0 rings (SSSR count). The summed E-state index contributed by atoms with van der Waals surface area (Å²) in [5.41, 5.74) is 7.32. The topological polar surface area (TPSA) is 38.0 Å². The lowest BCUT2D eigenvalue weighted by atomic mass is 10.3. The van der Waals surface area contributed by atoms with Gasteiger partial charge in [-0.2, -0.15) is 0 Å². The summed E-state index contributed by atoms with van der Waals surface area (Å²) < 4.78 is 0. The van der Waals surface area contributed by atoms with E-state index < -0.39 is 0 Å². The Balaban J connectivity index is 4.37. The van der Waals surface area contributed by atoms with Gasteiger partial charge in [0, 0.05) is 18.4 Å². The first kappa shape index (κ1) is 10.4. The Morgan fingerprint density at radius 1 is 1.64 bits per heavy atom. The van der Waals surface area contributed by atoms with Crippen LogP contribution < -0.4 is 11.1 Å². The Hall–Kier alpha value is -0.630. The number of nitrogens with two attached hydrogens (primary N) is 1. The Labute approximate surface area is 73.1 Å². The zero-order chi connectivity index (χ0) is 8.85. The van der Waals surface area contributed by atoms with Crippen molar-refractivity contribution in [1.82, 2.24) is 5.32 Å². The largest absolute Gasteiger partial charge is 0.401 e. The van der Waals surface area contributed by atoms with Crippen molar-refractivity contribution in [3.8, 4) is 0 Å². The number of hydrogen-bond acceptors (Lipinski definition) is 2. The van der Waals surface area contributed by atoms with E-state index in [2.05, 4.69) is 5.32 Å². The van der Waals surface area contributed by atoms with Crippen molar-refractivity contribution in [2.75, 3.05) is 7.05 Å². The quantitative estimate of drug-likeness (QED) is 0.642. The van der Waals surface area contributed by atoms with Gasteiger partial charge in [0.25, 0.3) is 0 Å². The first-order valence-corrected chi connectivity index (χ1v) is 3.99. The van der Waals surface area contributed by atoms with Crippen LogP contribution in [0.3, 0.4) is 0 Å². The number of halogens is 1. The molecule has 2 nitrogen and oxygen atoms in total. The highest BCUT2D eigenvalue weighted by Crippen LogP contribution is 2.10. The van der Waals surface area contributed by atoms with Crippen LogP contribution in [-0.4, -0.2) is 7.05 Å². The third-order valence-electron chi connectivity index (χ3n) is 1.43. The van der Waals surface area contributed by atoms with Crippen molar-refractivity contribution < 1.29 is 0 Å². The summed E-state index contributed by atoms with van der Waals surface area (Å²) in [6.45, 7) is 3.91. The molecule has 0 spiro atoms. The van der Waals surface area contributed by atoms with Gasteiger partial charge in [0.15, 0.2) is 0 Å². The van der Waals surface area contributed by atoms with Crippen molar-refractivity contribution in [3.63, 3.8) is 0 Å². The molecule has 0 amide bonds. The summed E-state index contributed by atoms with van der Waals surface area (Å²) in [5, 5.41) is 3.59. The molecule has 3 heteroatoms. The molecule has 0 radical (unpaired) electrons. The van der Waals surface area contributed by atoms with Crippen LogP contribution in [0.25, 0.3) is 0 Å². The second kappa shape index (κ2) is 5.08. The summed E-state index contributed by atoms with van der Waals surface area (Å²) >= 11 is 5.84. The molecule has 0 saturated carbocycles. The van der Waals surface area contributed by atoms with Crippen LogP contribution in [0.5, 0.6) is 0 Å². The van der Waals surface area contributed by atoms with Gasteiger partial charge in [-0.15, -0.1) is 0 Å². The monoisotopic (exact) mass is 174 g/mol. The van der Waals surface area contributed by atoms with Gasteiger partial charge in [-0.3, -0.25) is 0 Å². The molecule has 0 aliphatic carbocycles. The zero-order valence-corrected chi connectivity index (χ0v) is 8.00. The molecule has 0 atom stereocenters. The van der Waals surface area contributed by atoms with E-state index in [1.807, 2.05) is 27.0 Å². The fraction of sp³-hybridized carbons (Fsp3) is 0.500. The number of rotatable bonds is 3. The van der Waals surface area contributed by atoms with Crippen LogP contribution >= 0.6 is 11.6 Å². The molecule has 0 unspecified atom stereocenters. The van der Waals surface area contributed by atoms with Crippen LogP contribution in [0.4, 0.5) is 0 Å². The zero-order valence-electron chi connectivity index (χ0n) is 7.24. The van der Waals surface area contributed by atoms with E-state index in [-0.39, 0.29) is 0 Å². The Morgan fingerprint density at radius 3 is 2.55 bits per heavy atom. The molecular formula is C8H15ClN2. The predicted molar refractivity (Wildman–Crippen MR) is 50.2 cm³/mol. The van der Waals surface area contributed by atoms with E-state index in [1.54, 1.807) is 0 Å². The van der Waals surface area contributed by atoms with Gasteiger partial charge in [0.1, 0.15) is 0 Å². The van der Waals surface area contributed by atoms with Crippen molar-refractivity contribution in [1.29, 1.82) is 0 Å². The van der Waals surface area contributed by atoms with Crippen molar-refractivity contribution in [3.05, 3.63) is 22.5 Å². The van der Waals surface area contributed by atoms with Crippen molar-refractivity contribution in [2.24, 2.45) is 5.73 Å². The van der Waals surface area contributed by atoms with Crippen LogP contribution in [0.15, 0.2) is 22.5 Å². The van der Waals surface area contributed by atoms with E-state index in [9.17, 15) is 0 Å². The molecule has 0 saturated heterocycles. The summed E-state index contributed by atoms with van der Waals surface area (Å²) in [4.78, 5) is 0. The van der Waals surface area contributed by atoms with E-state index >= 15 is 0 Å². The summed E-state index contributed by atoms with van der Waals surface area (Å²) in [6, 6.07) is 0. The summed E-state index contributed by atoms with van der Waals surface area (Å²) in [6.07, 6.45) is 2.60. The van der Waals surface area contributed by atoms with E-state index in [4.69, 9.17) is 17.3 Å². The average molecular weight is 175 g/mol. The lowest BCUT2D eigenvalue weighted by molar-refractivity contribution is 0.984. The first-order chi connectivity index (χ1) is 5.11. The van der Waals surface area contributed by atoms with Gasteiger partial charge in [-0.1, -0.05) is 18.5 Å². The molecule has 0 aromatic heterocycles. The fourth-order valence-electron chi connectivity index (χ4n) is 0.524. The molecule has 0 aliphatic heterocycles. The van der Waals surface area contributed by atoms with E-state index in [0.29, 0.717) is 5.03 Å². The maximum atomic E-state index is 5.84. The van der Waals surface area contributed by atoms with Crippen molar-refractivity contribution >= 4 is 11.6 Å². The maximum Gasteiger partial charge on any atom is 0.0610 e. The molecule has 0 bridgehead atoms. The minimum Gasteiger partial charge on any atom is -0.401 e. The summed E-state index contributed by atoms with van der Waals surface area (Å²) in [5.74, 6) is 0. The minimum absolute atomic E-state index is 0.624. The second-order valence-corrected chi connectivity index (χ2v) is 2.71. The van der Waals surface area contributed by atoms with Gasteiger partial charge >= 0.3 is 0 Å². The molecule has 0 aromatic rings. The number of nitrogens with one attached hydrogen (secondary N) is 1. The first-order valence-electron chi connectivity index (χ1n) is 3.62. The number of allylic oxidation sites excluding steroid dienone is 4. The third kappa shape index (κ3) is 3.94. The lowest BCUT2D eigenvalue weighted by Gasteiger charge is -2.00. The maximum absolute atomic E-state index is 5.84. The Kier molecular flexibility index (Phi) is 4.79. The SMILES string of the molecule is CC/C(N)=C(Cl)/C=C(/C)NC. The van der Waals surface area contributed by atoms with Crippen molar-refractivity contribution in [2.45, 2.75) is 20.3 Å². The predicted octanol–water partition coefficient (Wildman–Crippen LogP) is 1.93. The Morgan fingerprint density at radius 2 is 2.18 bits per heavy atom. The summed E-state index contributed by atoms with van der Waals surface area (Å²) in [7, 11) is 1.85. The normalized spacial score (nSPS) is 14.4. The molecule has 3 N–H and O–H groups in total. The minimum atomic E-state index is 0.624. The molecule has 64 valence electrons. The highest BCUT2D eigenvalue weighted by molar-refractivity contribution is 6.31. The molecular weight excluding hydrogens is 160 g/mol. The molecule has 0 heterocycles. The highest BCUT2D eigenvalue weighted by atomic mass is 35.5. The smallest absolute Gasteiger partial charge is 0.0610 e. The third-order valence-corrected chi connectivity index (χ3v) is 1.78. The number of hydrogen-bond donors (Lipinski definition) is 2. The van der Waals surface area contributed by atoms with Gasteiger partial charge < -0.3 is 11.1 Å². The van der Waals surface area contributed by atoms with Gasteiger partial charge in [-0.05, 0) is 19.4 Å². The van der Waals surface area contributed by atoms with Crippen LogP contribution in [0, 0.1) is 0 Å². The Bertz CT molecular complexity index is 183. The average Bonchev–Trinajstić information content (AvgIpc) is 2.02. The van der Waals surface area contributed by atoms with Crippen LogP contribution in [0.1, 0.15) is 20.3 Å². The lowest BCUT2D eigenvalue weighted by Crippen LogP contribution is -2.03. The van der Waals surface area contributed by atoms with Gasteiger partial charge in [0.2, 0.25) is 0 Å². The molecule has 11 heavy (non-hydrogen) atoms. The van der Waals surface area contributed by atoms with E-state index in [0.717, 1.165) is 17.8 Å².